The Morgan fingerprint density at radius 3 is 3.06 bits per heavy atom. The number of carboxylic acid groups (broad SMARTS) is 1. The predicted molar refractivity (Wildman–Crippen MR) is 73.8 cm³/mol. The molecule has 0 saturated heterocycles. The number of aryl methyl sites for hydroxylation is 1. The molecule has 0 spiro atoms. The zero-order valence-electron chi connectivity index (χ0n) is 10.4. The number of halogens is 1. The molecule has 1 aliphatic heterocycles. The Morgan fingerprint density at radius 1 is 1.56 bits per heavy atom. The van der Waals surface area contributed by atoms with Crippen molar-refractivity contribution in [3.8, 4) is 0 Å². The van der Waals surface area contributed by atoms with E-state index in [1.807, 2.05) is 19.1 Å². The van der Waals surface area contributed by atoms with Gasteiger partial charge in [0.25, 0.3) is 0 Å². The summed E-state index contributed by atoms with van der Waals surface area (Å²) >= 11 is 6.06. The summed E-state index contributed by atoms with van der Waals surface area (Å²) in [5.74, 6) is -0.764. The summed E-state index contributed by atoms with van der Waals surface area (Å²) in [5.41, 5.74) is 3.17. The van der Waals surface area contributed by atoms with Crippen LogP contribution in [0.3, 0.4) is 0 Å². The molecule has 0 unspecified atom stereocenters. The number of nitrogens with zero attached hydrogens (tertiary/aromatic N) is 1. The molecule has 4 nitrogen and oxygen atoms in total. The molecule has 5 heteroatoms. The molecule has 2 rings (SSSR count). The molecule has 0 aliphatic carbocycles. The normalized spacial score (nSPS) is 14.7. The van der Waals surface area contributed by atoms with Crippen molar-refractivity contribution in [2.75, 3.05) is 29.9 Å². The molecule has 0 saturated carbocycles. The number of carboxylic acids is 1. The maximum Gasteiger partial charge on any atom is 0.305 e. The van der Waals surface area contributed by atoms with Crippen LogP contribution in [-0.4, -0.2) is 30.7 Å². The lowest BCUT2D eigenvalue weighted by molar-refractivity contribution is -0.136. The summed E-state index contributed by atoms with van der Waals surface area (Å²) in [7, 11) is 0. The molecule has 1 heterocycles. The molecule has 1 aliphatic rings. The Bertz CT molecular complexity index is 463. The zero-order valence-corrected chi connectivity index (χ0v) is 11.1. The van der Waals surface area contributed by atoms with E-state index in [2.05, 4.69) is 10.2 Å². The lowest BCUT2D eigenvalue weighted by atomic mass is 10.1. The van der Waals surface area contributed by atoms with Gasteiger partial charge in [0.05, 0.1) is 17.8 Å². The van der Waals surface area contributed by atoms with Gasteiger partial charge in [-0.2, -0.15) is 0 Å². The fraction of sp³-hybridized carbons (Fsp3) is 0.462. The minimum absolute atomic E-state index is 0.154. The second kappa shape index (κ2) is 5.48. The van der Waals surface area contributed by atoms with Gasteiger partial charge in [-0.1, -0.05) is 11.6 Å². The van der Waals surface area contributed by atoms with Crippen LogP contribution >= 0.6 is 11.6 Å². The topological polar surface area (TPSA) is 52.6 Å². The van der Waals surface area contributed by atoms with Gasteiger partial charge in [-0.05, 0) is 31.0 Å². The van der Waals surface area contributed by atoms with Crippen LogP contribution in [0.1, 0.15) is 18.4 Å². The van der Waals surface area contributed by atoms with Crippen molar-refractivity contribution in [3.05, 3.63) is 22.7 Å². The molecule has 0 fully saturated rings. The number of hydrogen-bond acceptors (Lipinski definition) is 3. The summed E-state index contributed by atoms with van der Waals surface area (Å²) in [6, 6.07) is 3.82. The van der Waals surface area contributed by atoms with Crippen LogP contribution in [0.25, 0.3) is 0 Å². The number of anilines is 2. The summed E-state index contributed by atoms with van der Waals surface area (Å²) in [6.45, 7) is 4.30. The van der Waals surface area contributed by atoms with E-state index < -0.39 is 5.97 Å². The van der Waals surface area contributed by atoms with Gasteiger partial charge >= 0.3 is 5.97 Å². The van der Waals surface area contributed by atoms with Gasteiger partial charge in [0.15, 0.2) is 0 Å². The average molecular weight is 269 g/mol. The molecule has 1 aromatic rings. The average Bonchev–Trinajstić information content (AvgIpc) is 2.48. The summed E-state index contributed by atoms with van der Waals surface area (Å²) < 4.78 is 0. The maximum atomic E-state index is 10.7. The van der Waals surface area contributed by atoms with Gasteiger partial charge in [-0.25, -0.2) is 0 Å². The van der Waals surface area contributed by atoms with Crippen molar-refractivity contribution in [3.63, 3.8) is 0 Å². The van der Waals surface area contributed by atoms with Gasteiger partial charge in [0, 0.05) is 24.7 Å². The highest BCUT2D eigenvalue weighted by atomic mass is 35.5. The van der Waals surface area contributed by atoms with E-state index in [9.17, 15) is 4.79 Å². The Balaban J connectivity index is 2.31. The fourth-order valence-corrected chi connectivity index (χ4v) is 2.62. The number of rotatable bonds is 3. The summed E-state index contributed by atoms with van der Waals surface area (Å²) in [6.07, 6.45) is 1.15. The third kappa shape index (κ3) is 2.88. The highest BCUT2D eigenvalue weighted by Gasteiger charge is 2.18. The van der Waals surface area contributed by atoms with Gasteiger partial charge in [-0.15, -0.1) is 0 Å². The van der Waals surface area contributed by atoms with E-state index in [1.165, 1.54) is 0 Å². The fourth-order valence-electron chi connectivity index (χ4n) is 2.35. The first kappa shape index (κ1) is 13.0. The second-order valence-corrected chi connectivity index (χ2v) is 4.97. The third-order valence-corrected chi connectivity index (χ3v) is 3.32. The summed E-state index contributed by atoms with van der Waals surface area (Å²) in [4.78, 5) is 12.8. The molecule has 18 heavy (non-hydrogen) atoms. The Morgan fingerprint density at radius 2 is 2.33 bits per heavy atom. The van der Waals surface area contributed by atoms with Crippen LogP contribution in [0.5, 0.6) is 0 Å². The van der Waals surface area contributed by atoms with E-state index in [1.54, 1.807) is 0 Å². The zero-order chi connectivity index (χ0) is 13.1. The van der Waals surface area contributed by atoms with Gasteiger partial charge in [0.1, 0.15) is 0 Å². The Kier molecular flexibility index (Phi) is 3.97. The van der Waals surface area contributed by atoms with Crippen LogP contribution < -0.4 is 10.2 Å². The number of nitrogens with one attached hydrogen (secondary N) is 1. The van der Waals surface area contributed by atoms with Crippen molar-refractivity contribution >= 4 is 28.9 Å². The monoisotopic (exact) mass is 268 g/mol. The minimum atomic E-state index is -0.764. The van der Waals surface area contributed by atoms with Crippen LogP contribution in [0.4, 0.5) is 11.4 Å². The van der Waals surface area contributed by atoms with Crippen molar-refractivity contribution < 1.29 is 9.90 Å². The largest absolute Gasteiger partial charge is 0.481 e. The Labute approximate surface area is 112 Å². The molecule has 0 radical (unpaired) electrons. The predicted octanol–water partition coefficient (Wildman–Crippen LogP) is 2.75. The van der Waals surface area contributed by atoms with E-state index in [4.69, 9.17) is 16.7 Å². The van der Waals surface area contributed by atoms with Crippen LogP contribution in [0.15, 0.2) is 12.1 Å². The summed E-state index contributed by atoms with van der Waals surface area (Å²) in [5, 5.41) is 12.9. The number of benzene rings is 1. The standard InChI is InChI=1S/C13H17ClN2O2/c1-9-7-10(14)8-11-13(9)16(5-2-4-15-11)6-3-12(17)18/h7-8,15H,2-6H2,1H3,(H,17,18). The van der Waals surface area contributed by atoms with E-state index >= 15 is 0 Å². The molecule has 0 amide bonds. The van der Waals surface area contributed by atoms with Gasteiger partial charge in [-0.3, -0.25) is 4.79 Å². The van der Waals surface area contributed by atoms with Gasteiger partial charge in [0.2, 0.25) is 0 Å². The molecular formula is C13H17ClN2O2. The number of fused-ring (bicyclic) bond motifs is 1. The minimum Gasteiger partial charge on any atom is -0.481 e. The molecule has 1 aromatic carbocycles. The lowest BCUT2D eigenvalue weighted by Gasteiger charge is -2.25. The molecule has 0 aromatic heterocycles. The number of aliphatic carboxylic acids is 1. The molecule has 0 bridgehead atoms. The van der Waals surface area contributed by atoms with E-state index in [0.29, 0.717) is 11.6 Å². The molecule has 0 atom stereocenters. The number of hydrogen-bond donors (Lipinski definition) is 2. The smallest absolute Gasteiger partial charge is 0.305 e. The molecule has 2 N–H and O–H groups in total. The van der Waals surface area contributed by atoms with Crippen LogP contribution in [0.2, 0.25) is 5.02 Å². The highest BCUT2D eigenvalue weighted by molar-refractivity contribution is 6.31. The van der Waals surface area contributed by atoms with E-state index in [-0.39, 0.29) is 6.42 Å². The van der Waals surface area contributed by atoms with Gasteiger partial charge < -0.3 is 15.3 Å². The Hall–Kier alpha value is -1.42. The lowest BCUT2D eigenvalue weighted by Crippen LogP contribution is -2.27. The first-order valence-electron chi connectivity index (χ1n) is 6.08. The quantitative estimate of drug-likeness (QED) is 0.885. The van der Waals surface area contributed by atoms with E-state index in [0.717, 1.165) is 36.4 Å². The van der Waals surface area contributed by atoms with Crippen molar-refractivity contribution in [1.29, 1.82) is 0 Å². The van der Waals surface area contributed by atoms with Crippen LogP contribution in [-0.2, 0) is 4.79 Å². The number of carbonyl (C=O) groups is 1. The first-order valence-corrected chi connectivity index (χ1v) is 6.46. The third-order valence-electron chi connectivity index (χ3n) is 3.10. The first-order chi connectivity index (χ1) is 8.58. The SMILES string of the molecule is Cc1cc(Cl)cc2c1N(CCC(=O)O)CCCN2. The molecular weight excluding hydrogens is 252 g/mol. The maximum absolute atomic E-state index is 10.7. The molecule has 98 valence electrons. The van der Waals surface area contributed by atoms with Crippen molar-refractivity contribution in [2.24, 2.45) is 0 Å². The van der Waals surface area contributed by atoms with Crippen molar-refractivity contribution in [2.45, 2.75) is 19.8 Å². The second-order valence-electron chi connectivity index (χ2n) is 4.53. The highest BCUT2D eigenvalue weighted by Crippen LogP contribution is 2.34. The van der Waals surface area contributed by atoms with Crippen molar-refractivity contribution in [1.82, 2.24) is 0 Å². The van der Waals surface area contributed by atoms with Crippen LogP contribution in [0, 0.1) is 6.92 Å².